The number of H-pyrrole nitrogens is 1. The molecule has 3 aromatic rings. The monoisotopic (exact) mass is 372 g/mol. The van der Waals surface area contributed by atoms with Crippen molar-refractivity contribution in [2.75, 3.05) is 26.0 Å². The van der Waals surface area contributed by atoms with Crippen LogP contribution in [0.1, 0.15) is 10.4 Å². The second kappa shape index (κ2) is 8.11. The number of hydrogen-bond acceptors (Lipinski definition) is 5. The predicted molar refractivity (Wildman–Crippen MR) is 98.7 cm³/mol. The van der Waals surface area contributed by atoms with Crippen LogP contribution in [0.25, 0.3) is 11.3 Å². The summed E-state index contributed by atoms with van der Waals surface area (Å²) in [4.78, 5) is 14.5. The van der Waals surface area contributed by atoms with Gasteiger partial charge >= 0.3 is 0 Å². The van der Waals surface area contributed by atoms with Crippen molar-refractivity contribution in [1.29, 1.82) is 0 Å². The van der Waals surface area contributed by atoms with Gasteiger partial charge in [0, 0.05) is 18.3 Å². The van der Waals surface area contributed by atoms with Gasteiger partial charge in [-0.2, -0.15) is 10.2 Å². The number of aliphatic hydroxyl groups excluding tert-OH is 1. The Labute approximate surface area is 155 Å². The van der Waals surface area contributed by atoms with Crippen LogP contribution in [0.3, 0.4) is 0 Å². The topological polar surface area (TPSA) is 99.1 Å². The van der Waals surface area contributed by atoms with E-state index in [9.17, 15) is 14.3 Å². The molecule has 3 N–H and O–H groups in total. The van der Waals surface area contributed by atoms with Gasteiger partial charge < -0.3 is 15.3 Å². The number of aliphatic hydroxyl groups is 1. The normalized spacial score (nSPS) is 12.3. The molecule has 0 saturated carbocycles. The van der Waals surface area contributed by atoms with Crippen LogP contribution in [0.5, 0.6) is 0 Å². The fraction of sp³-hybridized carbons (Fsp3) is 0.278. The first-order valence-electron chi connectivity index (χ1n) is 8.38. The van der Waals surface area contributed by atoms with Gasteiger partial charge in [0.2, 0.25) is 0 Å². The maximum absolute atomic E-state index is 13.5. The lowest BCUT2D eigenvalue weighted by Crippen LogP contribution is -2.29. The van der Waals surface area contributed by atoms with Crippen LogP contribution < -0.4 is 5.32 Å². The average Bonchev–Trinajstić information content (AvgIpc) is 3.23. The van der Waals surface area contributed by atoms with Gasteiger partial charge in [-0.1, -0.05) is 12.1 Å². The number of nitrogens with zero attached hydrogens (tertiary/aromatic N) is 4. The molecule has 142 valence electrons. The lowest BCUT2D eigenvalue weighted by Gasteiger charge is -2.15. The van der Waals surface area contributed by atoms with Crippen LogP contribution in [-0.2, 0) is 6.54 Å². The molecule has 1 atom stereocenters. The van der Waals surface area contributed by atoms with E-state index in [1.165, 1.54) is 24.5 Å². The first kappa shape index (κ1) is 18.7. The van der Waals surface area contributed by atoms with Gasteiger partial charge in [-0.3, -0.25) is 14.6 Å². The lowest BCUT2D eigenvalue weighted by molar-refractivity contribution is 0.102. The minimum atomic E-state index is -0.572. The highest BCUT2D eigenvalue weighted by molar-refractivity contribution is 6.07. The van der Waals surface area contributed by atoms with Crippen LogP contribution in [-0.4, -0.2) is 62.6 Å². The van der Waals surface area contributed by atoms with E-state index < -0.39 is 17.8 Å². The molecule has 0 radical (unpaired) electrons. The zero-order valence-corrected chi connectivity index (χ0v) is 15.1. The van der Waals surface area contributed by atoms with E-state index >= 15 is 0 Å². The van der Waals surface area contributed by atoms with Crippen molar-refractivity contribution in [2.45, 2.75) is 12.6 Å². The highest BCUT2D eigenvalue weighted by Gasteiger charge is 2.17. The van der Waals surface area contributed by atoms with Crippen LogP contribution in [0, 0.1) is 5.82 Å². The van der Waals surface area contributed by atoms with Gasteiger partial charge in [-0.15, -0.1) is 0 Å². The number of rotatable bonds is 7. The molecule has 0 aliphatic carbocycles. The summed E-state index contributed by atoms with van der Waals surface area (Å²) in [5.41, 5.74) is 1.74. The number of nitrogens with one attached hydrogen (secondary N) is 2. The van der Waals surface area contributed by atoms with Crippen molar-refractivity contribution in [2.24, 2.45) is 0 Å². The third-order valence-corrected chi connectivity index (χ3v) is 3.86. The number of aromatic nitrogens is 4. The highest BCUT2D eigenvalue weighted by Crippen LogP contribution is 2.22. The Kier molecular flexibility index (Phi) is 5.63. The number of carbonyl (C=O) groups excluding carboxylic acids is 1. The molecule has 27 heavy (non-hydrogen) atoms. The summed E-state index contributed by atoms with van der Waals surface area (Å²) in [6.45, 7) is 0.821. The molecule has 0 spiro atoms. The van der Waals surface area contributed by atoms with Crippen LogP contribution >= 0.6 is 0 Å². The van der Waals surface area contributed by atoms with E-state index in [1.54, 1.807) is 23.0 Å². The third kappa shape index (κ3) is 4.78. The molecule has 9 heteroatoms. The van der Waals surface area contributed by atoms with Crippen LogP contribution in [0.15, 0.2) is 42.9 Å². The third-order valence-electron chi connectivity index (χ3n) is 3.86. The van der Waals surface area contributed by atoms with Gasteiger partial charge in [0.05, 0.1) is 42.0 Å². The number of hydrogen-bond donors (Lipinski definition) is 3. The van der Waals surface area contributed by atoms with Crippen molar-refractivity contribution in [1.82, 2.24) is 24.9 Å². The number of halogens is 1. The summed E-state index contributed by atoms with van der Waals surface area (Å²) >= 11 is 0. The molecular formula is C18H21FN6O2. The molecule has 1 aromatic carbocycles. The fourth-order valence-electron chi connectivity index (χ4n) is 2.74. The Bertz CT molecular complexity index is 920. The summed E-state index contributed by atoms with van der Waals surface area (Å²) in [6, 6.07) is 5.92. The number of amides is 1. The number of benzene rings is 1. The average molecular weight is 372 g/mol. The van der Waals surface area contributed by atoms with Gasteiger partial charge in [0.1, 0.15) is 5.82 Å². The molecule has 2 aromatic heterocycles. The van der Waals surface area contributed by atoms with Crippen molar-refractivity contribution >= 4 is 11.6 Å². The number of carbonyl (C=O) groups is 1. The molecule has 2 heterocycles. The van der Waals surface area contributed by atoms with Crippen molar-refractivity contribution in [3.8, 4) is 11.3 Å². The maximum atomic E-state index is 13.5. The molecule has 0 aliphatic heterocycles. The van der Waals surface area contributed by atoms with E-state index in [1.807, 2.05) is 19.0 Å². The Morgan fingerprint density at radius 1 is 1.41 bits per heavy atom. The Morgan fingerprint density at radius 3 is 2.96 bits per heavy atom. The molecule has 8 nitrogen and oxygen atoms in total. The highest BCUT2D eigenvalue weighted by atomic mass is 19.1. The maximum Gasteiger partial charge on any atom is 0.259 e. The van der Waals surface area contributed by atoms with Crippen LogP contribution in [0.4, 0.5) is 10.1 Å². The minimum absolute atomic E-state index is 0.293. The first-order chi connectivity index (χ1) is 12.9. The standard InChI is InChI=1S/C18H21FN6O2/c1-24(2)10-15(26)11-25-9-14(7-21-25)22-18(27)16-8-20-23-17(16)12-4-3-5-13(19)6-12/h3-9,15,26H,10-11H2,1-2H3,(H,20,23)(H,22,27). The van der Waals surface area contributed by atoms with Gasteiger partial charge in [0.15, 0.2) is 0 Å². The van der Waals surface area contributed by atoms with Crippen molar-refractivity contribution < 1.29 is 14.3 Å². The molecule has 0 aliphatic rings. The van der Waals surface area contributed by atoms with Gasteiger partial charge in [-0.25, -0.2) is 4.39 Å². The molecule has 0 bridgehead atoms. The summed E-state index contributed by atoms with van der Waals surface area (Å²) in [6.07, 6.45) is 3.96. The zero-order chi connectivity index (χ0) is 19.4. The Hall–Kier alpha value is -3.04. The Balaban J connectivity index is 1.69. The molecule has 1 unspecified atom stereocenters. The summed E-state index contributed by atoms with van der Waals surface area (Å²) in [5, 5.41) is 23.5. The van der Waals surface area contributed by atoms with Crippen LogP contribution in [0.2, 0.25) is 0 Å². The zero-order valence-electron chi connectivity index (χ0n) is 15.1. The predicted octanol–water partition coefficient (Wildman–Crippen LogP) is 1.59. The molecular weight excluding hydrogens is 351 g/mol. The first-order valence-corrected chi connectivity index (χ1v) is 8.38. The van der Waals surface area contributed by atoms with Crippen molar-refractivity contribution in [3.63, 3.8) is 0 Å². The number of aromatic amines is 1. The van der Waals surface area contributed by atoms with E-state index in [0.29, 0.717) is 35.6 Å². The summed E-state index contributed by atoms with van der Waals surface area (Å²) in [5.74, 6) is -0.789. The molecule has 0 fully saturated rings. The molecule has 0 saturated heterocycles. The summed E-state index contributed by atoms with van der Waals surface area (Å²) in [7, 11) is 3.75. The Morgan fingerprint density at radius 2 is 2.22 bits per heavy atom. The lowest BCUT2D eigenvalue weighted by atomic mass is 10.1. The van der Waals surface area contributed by atoms with E-state index in [0.717, 1.165) is 0 Å². The van der Waals surface area contributed by atoms with E-state index in [-0.39, 0.29) is 0 Å². The fourth-order valence-corrected chi connectivity index (χ4v) is 2.74. The second-order valence-corrected chi connectivity index (χ2v) is 6.49. The van der Waals surface area contributed by atoms with E-state index in [2.05, 4.69) is 20.6 Å². The van der Waals surface area contributed by atoms with Gasteiger partial charge in [-0.05, 0) is 26.2 Å². The SMILES string of the molecule is CN(C)CC(O)Cn1cc(NC(=O)c2cn[nH]c2-c2cccc(F)c2)cn1. The second-order valence-electron chi connectivity index (χ2n) is 6.49. The quantitative estimate of drug-likeness (QED) is 0.585. The largest absolute Gasteiger partial charge is 0.390 e. The molecule has 3 rings (SSSR count). The van der Waals surface area contributed by atoms with Crippen molar-refractivity contribution in [3.05, 3.63) is 54.2 Å². The number of anilines is 1. The molecule has 1 amide bonds. The summed E-state index contributed by atoms with van der Waals surface area (Å²) < 4.78 is 15.0. The van der Waals surface area contributed by atoms with Gasteiger partial charge in [0.25, 0.3) is 5.91 Å². The minimum Gasteiger partial charge on any atom is -0.390 e. The van der Waals surface area contributed by atoms with E-state index in [4.69, 9.17) is 0 Å². The smallest absolute Gasteiger partial charge is 0.259 e. The number of likely N-dealkylation sites (N-methyl/N-ethyl adjacent to an activating group) is 1.